The number of non-ortho nitro benzene ring substituents is 1. The van der Waals surface area contributed by atoms with Crippen molar-refractivity contribution in [3.8, 4) is 23.0 Å². The molecule has 3 N–H and O–H groups in total. The molecule has 6 unspecified atom stereocenters. The number of amides is 2. The Morgan fingerprint density at radius 1 is 1.00 bits per heavy atom. The summed E-state index contributed by atoms with van der Waals surface area (Å²) in [7, 11) is 4.67. The predicted octanol–water partition coefficient (Wildman–Crippen LogP) is 9.17. The number of ether oxygens (including phenoxy) is 6. The number of nitro benzene ring substituents is 1. The number of carbonyl (C=O) groups excluding carboxylic acids is 2. The van der Waals surface area contributed by atoms with Crippen LogP contribution in [0.3, 0.4) is 0 Å². The first-order valence-corrected chi connectivity index (χ1v) is 22.7. The quantitative estimate of drug-likeness (QED) is 0.0394. The van der Waals surface area contributed by atoms with Crippen molar-refractivity contribution < 1.29 is 58.0 Å². The maximum atomic E-state index is 14.2. The average Bonchev–Trinajstić information content (AvgIpc) is 3.31. The van der Waals surface area contributed by atoms with Gasteiger partial charge < -0.3 is 48.4 Å². The molecule has 0 radical (unpaired) electrons. The van der Waals surface area contributed by atoms with Gasteiger partial charge in [-0.3, -0.25) is 15.4 Å². The van der Waals surface area contributed by atoms with Crippen molar-refractivity contribution in [2.45, 2.75) is 90.1 Å². The van der Waals surface area contributed by atoms with Gasteiger partial charge in [0.15, 0.2) is 0 Å². The molecule has 6 rings (SSSR count). The third-order valence-electron chi connectivity index (χ3n) is 12.4. The molecule has 0 aromatic heterocycles. The molecule has 2 aliphatic carbocycles. The van der Waals surface area contributed by atoms with E-state index in [-0.39, 0.29) is 68.1 Å². The van der Waals surface area contributed by atoms with Crippen LogP contribution in [-0.2, 0) is 20.9 Å². The zero-order chi connectivity index (χ0) is 48.3. The fraction of sp³-hybridized carbons (Fsp3) is 0.500. The van der Waals surface area contributed by atoms with Gasteiger partial charge in [0.1, 0.15) is 35.6 Å². The van der Waals surface area contributed by atoms with Crippen molar-refractivity contribution in [1.82, 2.24) is 4.90 Å². The Bertz CT molecular complexity index is 2280. The molecule has 362 valence electrons. The van der Waals surface area contributed by atoms with E-state index in [0.29, 0.717) is 59.9 Å². The maximum Gasteiger partial charge on any atom is 0.417 e. The van der Waals surface area contributed by atoms with E-state index in [9.17, 15) is 29.9 Å². The largest absolute Gasteiger partial charge is 0.497 e. The van der Waals surface area contributed by atoms with Crippen molar-refractivity contribution in [2.75, 3.05) is 53.0 Å². The van der Waals surface area contributed by atoms with Crippen LogP contribution >= 0.6 is 0 Å². The minimum Gasteiger partial charge on any atom is -0.497 e. The van der Waals surface area contributed by atoms with Crippen LogP contribution in [-0.4, -0.2) is 97.5 Å². The van der Waals surface area contributed by atoms with Crippen LogP contribution in [0.1, 0.15) is 82.8 Å². The lowest BCUT2D eigenvalue weighted by molar-refractivity contribution is -0.384. The number of allylic oxidation sites excluding steroid dienone is 1. The van der Waals surface area contributed by atoms with Gasteiger partial charge in [-0.05, 0) is 96.5 Å². The molecular formula is C50H64N4O13. The molecule has 0 spiro atoms. The standard InChI is InChI=1S/C50H64N4O13/c1-8-25-64-50-44(53(5)48(58)63-31-49(2,3)4)29-41(52-65-30-32-15-17-34(18-16-32)54(59)60)38-26-33(13-9-11-23-55)37(14-10-12-24-56)45(46(38)50)39-27-36(20-22-42(39)67-50)66-47(57)51-40-21-19-35(61-6)28-43(40)62-7/h8,15-22,26-28,33,37,44-46,55-56H,1,9-14,23-25,29-31H2,2-7H3,(H,51,57). The molecule has 3 aliphatic rings. The van der Waals surface area contributed by atoms with Crippen molar-refractivity contribution >= 4 is 29.3 Å². The smallest absolute Gasteiger partial charge is 0.417 e. The second-order valence-electron chi connectivity index (χ2n) is 18.3. The Morgan fingerprint density at radius 3 is 2.37 bits per heavy atom. The van der Waals surface area contributed by atoms with Crippen molar-refractivity contribution in [3.05, 3.63) is 106 Å². The molecule has 17 nitrogen and oxygen atoms in total. The van der Waals surface area contributed by atoms with E-state index in [1.54, 1.807) is 55.6 Å². The zero-order valence-electron chi connectivity index (χ0n) is 39.2. The highest BCUT2D eigenvalue weighted by molar-refractivity contribution is 6.03. The van der Waals surface area contributed by atoms with Crippen molar-refractivity contribution in [3.63, 3.8) is 0 Å². The number of aliphatic hydroxyl groups is 2. The van der Waals surface area contributed by atoms with Crippen LogP contribution < -0.4 is 24.3 Å². The van der Waals surface area contributed by atoms with Crippen LogP contribution in [0, 0.1) is 33.3 Å². The highest BCUT2D eigenvalue weighted by Gasteiger charge is 2.65. The summed E-state index contributed by atoms with van der Waals surface area (Å²) >= 11 is 0. The van der Waals surface area contributed by atoms with Crippen LogP contribution in [0.25, 0.3) is 0 Å². The summed E-state index contributed by atoms with van der Waals surface area (Å²) in [4.78, 5) is 46.2. The third kappa shape index (κ3) is 11.9. The summed E-state index contributed by atoms with van der Waals surface area (Å²) in [6.07, 6.45) is 6.61. The zero-order valence-corrected chi connectivity index (χ0v) is 39.2. The predicted molar refractivity (Wildman–Crippen MR) is 251 cm³/mol. The molecule has 3 aromatic rings. The number of nitro groups is 1. The first-order chi connectivity index (χ1) is 32.2. The molecule has 3 aromatic carbocycles. The summed E-state index contributed by atoms with van der Waals surface area (Å²) in [6.45, 7) is 10.1. The van der Waals surface area contributed by atoms with Crippen LogP contribution in [0.2, 0.25) is 0 Å². The van der Waals surface area contributed by atoms with E-state index >= 15 is 0 Å². The van der Waals surface area contributed by atoms with Crippen molar-refractivity contribution in [1.29, 1.82) is 0 Å². The number of rotatable bonds is 21. The molecule has 1 fully saturated rings. The van der Waals surface area contributed by atoms with E-state index in [2.05, 4.69) is 18.0 Å². The number of carbonyl (C=O) groups is 2. The number of anilines is 1. The van der Waals surface area contributed by atoms with E-state index in [0.717, 1.165) is 24.0 Å². The first kappa shape index (κ1) is 50.2. The lowest BCUT2D eigenvalue weighted by Crippen LogP contribution is -2.69. The number of hydrogen-bond acceptors (Lipinski definition) is 14. The van der Waals surface area contributed by atoms with Gasteiger partial charge >= 0.3 is 12.2 Å². The summed E-state index contributed by atoms with van der Waals surface area (Å²) < 4.78 is 36.8. The van der Waals surface area contributed by atoms with E-state index in [1.807, 2.05) is 26.8 Å². The number of unbranched alkanes of at least 4 members (excludes halogenated alkanes) is 2. The first-order valence-electron chi connectivity index (χ1n) is 22.7. The molecule has 1 heterocycles. The number of benzene rings is 3. The van der Waals surface area contributed by atoms with E-state index in [1.165, 1.54) is 31.3 Å². The topological polar surface area (TPSA) is 210 Å². The Kier molecular flexibility index (Phi) is 16.9. The van der Waals surface area contributed by atoms with Gasteiger partial charge in [0.25, 0.3) is 5.69 Å². The number of methoxy groups -OCH3 is 2. The number of oxime groups is 1. The summed E-state index contributed by atoms with van der Waals surface area (Å²) in [5.74, 6) is -1.12. The Balaban J connectivity index is 1.50. The SMILES string of the molecule is C=CCOC12Oc3ccc(OC(=O)Nc4ccc(OC)cc4OC)cc3C3C(CCCCO)C(CCCCO)C=C(C(=NOCc4ccc([N+](=O)[O-])cc4)CC1N(C)C(=O)OCC(C)(C)C)C32. The van der Waals surface area contributed by atoms with Gasteiger partial charge in [0.05, 0.1) is 49.7 Å². The van der Waals surface area contributed by atoms with Gasteiger partial charge in [-0.2, -0.15) is 0 Å². The normalized spacial score (nSPS) is 22.2. The number of hydrogen-bond donors (Lipinski definition) is 3. The molecular weight excluding hydrogens is 865 g/mol. The van der Waals surface area contributed by atoms with Crippen LogP contribution in [0.5, 0.6) is 23.0 Å². The van der Waals surface area contributed by atoms with Gasteiger partial charge in [0.2, 0.25) is 5.79 Å². The summed E-state index contributed by atoms with van der Waals surface area (Å²) in [6, 6.07) is 15.4. The highest BCUT2D eigenvalue weighted by atomic mass is 16.7. The highest BCUT2D eigenvalue weighted by Crippen LogP contribution is 2.62. The van der Waals surface area contributed by atoms with Gasteiger partial charge in [-0.25, -0.2) is 9.59 Å². The monoisotopic (exact) mass is 928 g/mol. The second-order valence-corrected chi connectivity index (χ2v) is 18.3. The molecule has 0 saturated heterocycles. The second kappa shape index (κ2) is 22.5. The Labute approximate surface area is 391 Å². The molecule has 0 bridgehead atoms. The molecule has 6 atom stereocenters. The van der Waals surface area contributed by atoms with Crippen LogP contribution in [0.4, 0.5) is 21.0 Å². The fourth-order valence-corrected chi connectivity index (χ4v) is 9.34. The fourth-order valence-electron chi connectivity index (χ4n) is 9.34. The molecule has 2 amide bonds. The number of nitrogens with one attached hydrogen (secondary N) is 1. The Morgan fingerprint density at radius 2 is 1.72 bits per heavy atom. The lowest BCUT2D eigenvalue weighted by atomic mass is 9.55. The minimum absolute atomic E-state index is 0.00329. The molecule has 67 heavy (non-hydrogen) atoms. The minimum atomic E-state index is -1.54. The van der Waals surface area contributed by atoms with E-state index < -0.39 is 40.8 Å². The molecule has 1 saturated carbocycles. The number of fused-ring (bicyclic) bond motifs is 2. The molecule has 17 heteroatoms. The Hall–Kier alpha value is -6.17. The van der Waals surface area contributed by atoms with Crippen LogP contribution in [0.15, 0.2) is 90.1 Å². The van der Waals surface area contributed by atoms with E-state index in [4.69, 9.17) is 38.4 Å². The number of nitrogens with zero attached hydrogens (tertiary/aromatic N) is 3. The van der Waals surface area contributed by atoms with Gasteiger partial charge in [-0.1, -0.05) is 50.9 Å². The number of aliphatic hydroxyl groups excluding tert-OH is 2. The maximum absolute atomic E-state index is 14.2. The lowest BCUT2D eigenvalue weighted by Gasteiger charge is -2.59. The van der Waals surface area contributed by atoms with Crippen molar-refractivity contribution in [2.24, 2.45) is 28.3 Å². The molecule has 1 aliphatic heterocycles. The summed E-state index contributed by atoms with van der Waals surface area (Å²) in [5, 5.41) is 38.8. The van der Waals surface area contributed by atoms with Gasteiger partial charge in [-0.15, -0.1) is 6.58 Å². The van der Waals surface area contributed by atoms with Gasteiger partial charge in [0, 0.05) is 56.4 Å². The summed E-state index contributed by atoms with van der Waals surface area (Å²) in [5.41, 5.74) is 2.73. The third-order valence-corrected chi connectivity index (χ3v) is 12.4. The average molecular weight is 929 g/mol. The number of likely N-dealkylation sites (N-methyl/N-ethyl adjacent to an activating group) is 1.